The lowest BCUT2D eigenvalue weighted by atomic mass is 9.89. The molecule has 22 heavy (non-hydrogen) atoms. The summed E-state index contributed by atoms with van der Waals surface area (Å²) in [4.78, 5) is 11.7. The lowest BCUT2D eigenvalue weighted by Crippen LogP contribution is -2.34. The molecule has 124 valence electrons. The molecule has 3 nitrogen and oxygen atoms in total. The zero-order valence-corrected chi connectivity index (χ0v) is 12.5. The molecule has 1 aromatic rings. The number of nitrogens with one attached hydrogen (secondary N) is 2. The Labute approximate surface area is 131 Å². The topological polar surface area (TPSA) is 41.1 Å². The van der Waals surface area contributed by atoms with Gasteiger partial charge in [0.1, 0.15) is 12.4 Å². The Bertz CT molecular complexity index is 516. The molecular formula is C14H17ClF4N2O. The van der Waals surface area contributed by atoms with E-state index < -0.39 is 24.4 Å². The van der Waals surface area contributed by atoms with Crippen molar-refractivity contribution in [3.63, 3.8) is 0 Å². The van der Waals surface area contributed by atoms with Crippen molar-refractivity contribution in [2.45, 2.75) is 24.9 Å². The number of benzene rings is 1. The van der Waals surface area contributed by atoms with Crippen molar-refractivity contribution in [3.05, 3.63) is 35.1 Å². The molecule has 1 amide bonds. The summed E-state index contributed by atoms with van der Waals surface area (Å²) in [6, 6.07) is 3.78. The van der Waals surface area contributed by atoms with E-state index in [-0.39, 0.29) is 23.9 Å². The first kappa shape index (κ1) is 18.7. The third-order valence-electron chi connectivity index (χ3n) is 3.44. The second-order valence-corrected chi connectivity index (χ2v) is 5.10. The van der Waals surface area contributed by atoms with Gasteiger partial charge in [0.15, 0.2) is 0 Å². The summed E-state index contributed by atoms with van der Waals surface area (Å²) in [7, 11) is 0. The highest BCUT2D eigenvalue weighted by molar-refractivity contribution is 5.94. The van der Waals surface area contributed by atoms with Crippen molar-refractivity contribution in [2.24, 2.45) is 0 Å². The monoisotopic (exact) mass is 340 g/mol. The molecule has 8 heteroatoms. The summed E-state index contributed by atoms with van der Waals surface area (Å²) >= 11 is 0. The van der Waals surface area contributed by atoms with Crippen LogP contribution in [0.2, 0.25) is 0 Å². The number of alkyl halides is 3. The van der Waals surface area contributed by atoms with Crippen LogP contribution in [0.4, 0.5) is 17.6 Å². The highest BCUT2D eigenvalue weighted by atomic mass is 35.5. The zero-order valence-electron chi connectivity index (χ0n) is 11.7. The fraction of sp³-hybridized carbons (Fsp3) is 0.500. The van der Waals surface area contributed by atoms with Crippen molar-refractivity contribution < 1.29 is 22.4 Å². The lowest BCUT2D eigenvalue weighted by molar-refractivity contribution is -0.123. The minimum Gasteiger partial charge on any atom is -0.343 e. The molecule has 0 atom stereocenters. The molecule has 0 spiro atoms. The summed E-state index contributed by atoms with van der Waals surface area (Å²) in [6.07, 6.45) is -2.86. The number of hydrogen-bond acceptors (Lipinski definition) is 2. The molecule has 0 radical (unpaired) electrons. The van der Waals surface area contributed by atoms with Gasteiger partial charge in [0, 0.05) is 5.56 Å². The Morgan fingerprint density at radius 3 is 2.45 bits per heavy atom. The van der Waals surface area contributed by atoms with Gasteiger partial charge in [-0.15, -0.1) is 12.4 Å². The molecule has 0 bridgehead atoms. The molecule has 1 fully saturated rings. The van der Waals surface area contributed by atoms with E-state index in [4.69, 9.17) is 0 Å². The molecule has 1 aliphatic rings. The SMILES string of the molecule is Cl.O=C(NCC(F)(F)F)c1cc(F)cc(C2CCNCC2)c1. The van der Waals surface area contributed by atoms with Crippen LogP contribution in [0, 0.1) is 5.82 Å². The summed E-state index contributed by atoms with van der Waals surface area (Å²) in [5, 5.41) is 4.93. The van der Waals surface area contributed by atoms with Crippen molar-refractivity contribution in [3.8, 4) is 0 Å². The van der Waals surface area contributed by atoms with Crippen molar-refractivity contribution >= 4 is 18.3 Å². The second-order valence-electron chi connectivity index (χ2n) is 5.10. The molecule has 0 unspecified atom stereocenters. The smallest absolute Gasteiger partial charge is 0.343 e. The van der Waals surface area contributed by atoms with E-state index in [1.165, 1.54) is 12.1 Å². The van der Waals surface area contributed by atoms with E-state index in [9.17, 15) is 22.4 Å². The van der Waals surface area contributed by atoms with Crippen LogP contribution in [-0.2, 0) is 0 Å². The van der Waals surface area contributed by atoms with Crippen LogP contribution in [0.15, 0.2) is 18.2 Å². The van der Waals surface area contributed by atoms with Crippen LogP contribution in [0.5, 0.6) is 0 Å². The van der Waals surface area contributed by atoms with E-state index in [1.807, 2.05) is 0 Å². The molecule has 1 aliphatic heterocycles. The van der Waals surface area contributed by atoms with E-state index in [0.29, 0.717) is 5.56 Å². The normalized spacial score (nSPS) is 16.0. The molecule has 0 saturated carbocycles. The number of hydrogen-bond donors (Lipinski definition) is 2. The summed E-state index contributed by atoms with van der Waals surface area (Å²) in [5.74, 6) is -1.40. The molecule has 2 rings (SSSR count). The van der Waals surface area contributed by atoms with Crippen molar-refractivity contribution in [2.75, 3.05) is 19.6 Å². The molecule has 1 saturated heterocycles. The molecule has 0 aromatic heterocycles. The maximum Gasteiger partial charge on any atom is 0.405 e. The predicted molar refractivity (Wildman–Crippen MR) is 76.9 cm³/mol. The predicted octanol–water partition coefficient (Wildman–Crippen LogP) is 3.01. The van der Waals surface area contributed by atoms with Crippen LogP contribution in [0.1, 0.15) is 34.7 Å². The minimum absolute atomic E-state index is 0. The average Bonchev–Trinajstić information content (AvgIpc) is 2.44. The first-order valence-corrected chi connectivity index (χ1v) is 6.71. The fourth-order valence-electron chi connectivity index (χ4n) is 2.42. The quantitative estimate of drug-likeness (QED) is 0.831. The van der Waals surface area contributed by atoms with Crippen LogP contribution >= 0.6 is 12.4 Å². The number of carbonyl (C=O) groups excluding carboxylic acids is 1. The van der Waals surface area contributed by atoms with E-state index in [0.717, 1.165) is 32.0 Å². The Balaban J connectivity index is 0.00000242. The first-order valence-electron chi connectivity index (χ1n) is 6.71. The number of halogens is 5. The number of rotatable bonds is 3. The average molecular weight is 341 g/mol. The minimum atomic E-state index is -4.49. The van der Waals surface area contributed by atoms with Gasteiger partial charge in [0.2, 0.25) is 0 Å². The van der Waals surface area contributed by atoms with Gasteiger partial charge in [-0.25, -0.2) is 4.39 Å². The Morgan fingerprint density at radius 2 is 1.86 bits per heavy atom. The number of carbonyl (C=O) groups is 1. The Hall–Kier alpha value is -1.34. The highest BCUT2D eigenvalue weighted by Crippen LogP contribution is 2.26. The van der Waals surface area contributed by atoms with Gasteiger partial charge in [-0.3, -0.25) is 4.79 Å². The van der Waals surface area contributed by atoms with E-state index >= 15 is 0 Å². The van der Waals surface area contributed by atoms with Gasteiger partial charge < -0.3 is 10.6 Å². The third kappa shape index (κ3) is 5.46. The first-order chi connectivity index (χ1) is 9.85. The molecular weight excluding hydrogens is 324 g/mol. The summed E-state index contributed by atoms with van der Waals surface area (Å²) < 4.78 is 49.9. The maximum atomic E-state index is 13.6. The highest BCUT2D eigenvalue weighted by Gasteiger charge is 2.28. The summed E-state index contributed by atoms with van der Waals surface area (Å²) in [5.41, 5.74) is 0.585. The summed E-state index contributed by atoms with van der Waals surface area (Å²) in [6.45, 7) is 0.179. The fourth-order valence-corrected chi connectivity index (χ4v) is 2.42. The van der Waals surface area contributed by atoms with Crippen LogP contribution < -0.4 is 10.6 Å². The van der Waals surface area contributed by atoms with Gasteiger partial charge in [0.05, 0.1) is 0 Å². The van der Waals surface area contributed by atoms with Gasteiger partial charge in [-0.1, -0.05) is 0 Å². The van der Waals surface area contributed by atoms with Gasteiger partial charge in [-0.05, 0) is 55.6 Å². The molecule has 2 N–H and O–H groups in total. The van der Waals surface area contributed by atoms with Gasteiger partial charge in [-0.2, -0.15) is 13.2 Å². The second kappa shape index (κ2) is 7.78. The lowest BCUT2D eigenvalue weighted by Gasteiger charge is -2.23. The largest absolute Gasteiger partial charge is 0.405 e. The van der Waals surface area contributed by atoms with Crippen LogP contribution in [0.3, 0.4) is 0 Å². The third-order valence-corrected chi connectivity index (χ3v) is 3.44. The zero-order chi connectivity index (χ0) is 15.5. The standard InChI is InChI=1S/C14H16F4N2O.ClH/c15-12-6-10(9-1-3-19-4-2-9)5-11(7-12)13(21)20-8-14(16,17)18;/h5-7,9,19H,1-4,8H2,(H,20,21);1H. The van der Waals surface area contributed by atoms with E-state index in [1.54, 1.807) is 5.32 Å². The maximum absolute atomic E-state index is 13.6. The molecule has 1 heterocycles. The van der Waals surface area contributed by atoms with Crippen molar-refractivity contribution in [1.29, 1.82) is 0 Å². The van der Waals surface area contributed by atoms with Gasteiger partial charge >= 0.3 is 6.18 Å². The number of piperidine rings is 1. The van der Waals surface area contributed by atoms with Crippen molar-refractivity contribution in [1.82, 2.24) is 10.6 Å². The Morgan fingerprint density at radius 1 is 1.23 bits per heavy atom. The number of amides is 1. The van der Waals surface area contributed by atoms with Gasteiger partial charge in [0.25, 0.3) is 5.91 Å². The van der Waals surface area contributed by atoms with E-state index in [2.05, 4.69) is 5.32 Å². The molecule has 0 aliphatic carbocycles. The van der Waals surface area contributed by atoms with Crippen LogP contribution in [0.25, 0.3) is 0 Å². The molecule has 1 aromatic carbocycles. The Kier molecular flexibility index (Phi) is 6.62. The van der Waals surface area contributed by atoms with Crippen LogP contribution in [-0.4, -0.2) is 31.7 Å².